The Hall–Kier alpha value is -1.82. The molecule has 0 bridgehead atoms. The molecule has 0 aromatic carbocycles. The first-order chi connectivity index (χ1) is 8.51. The van der Waals surface area contributed by atoms with Crippen LogP contribution in [0.4, 0.5) is 0 Å². The first kappa shape index (κ1) is 14.2. The van der Waals surface area contributed by atoms with Crippen molar-refractivity contribution < 1.29 is 19.1 Å². The summed E-state index contributed by atoms with van der Waals surface area (Å²) < 4.78 is 9.73. The van der Waals surface area contributed by atoms with E-state index < -0.39 is 18.0 Å². The first-order valence-corrected chi connectivity index (χ1v) is 5.81. The van der Waals surface area contributed by atoms with Crippen LogP contribution < -0.4 is 11.5 Å². The van der Waals surface area contributed by atoms with Crippen LogP contribution in [0.15, 0.2) is 22.9 Å². The number of ether oxygens (including phenoxy) is 2. The van der Waals surface area contributed by atoms with Gasteiger partial charge in [0.1, 0.15) is 0 Å². The molecule has 4 N–H and O–H groups in total. The van der Waals surface area contributed by atoms with E-state index in [2.05, 4.69) is 0 Å². The van der Waals surface area contributed by atoms with Gasteiger partial charge in [-0.1, -0.05) is 0 Å². The quantitative estimate of drug-likeness (QED) is 0.683. The minimum atomic E-state index is -0.601. The summed E-state index contributed by atoms with van der Waals surface area (Å²) in [5.41, 5.74) is 12.4. The molecule has 0 aromatic heterocycles. The Morgan fingerprint density at radius 3 is 2.39 bits per heavy atom. The maximum absolute atomic E-state index is 11.6. The Balaban J connectivity index is 2.96. The van der Waals surface area contributed by atoms with Gasteiger partial charge in [-0.15, -0.1) is 0 Å². The Labute approximate surface area is 106 Å². The van der Waals surface area contributed by atoms with E-state index in [0.29, 0.717) is 5.57 Å². The van der Waals surface area contributed by atoms with E-state index in [1.165, 1.54) is 6.08 Å². The van der Waals surface area contributed by atoms with Crippen molar-refractivity contribution in [3.63, 3.8) is 0 Å². The summed E-state index contributed by atoms with van der Waals surface area (Å²) in [4.78, 5) is 23.2. The second kappa shape index (κ2) is 6.20. The molecule has 0 fully saturated rings. The molecule has 0 saturated carbocycles. The summed E-state index contributed by atoms with van der Waals surface area (Å²) in [6.45, 7) is 3.93. The van der Waals surface area contributed by atoms with Gasteiger partial charge in [-0.3, -0.25) is 0 Å². The monoisotopic (exact) mass is 254 g/mol. The van der Waals surface area contributed by atoms with Crippen LogP contribution in [-0.2, 0) is 19.1 Å². The fourth-order valence-electron chi connectivity index (χ4n) is 1.65. The summed E-state index contributed by atoms with van der Waals surface area (Å²) in [7, 11) is 0. The van der Waals surface area contributed by atoms with Crippen LogP contribution in [0.2, 0.25) is 0 Å². The Morgan fingerprint density at radius 2 is 1.83 bits per heavy atom. The third-order valence-electron chi connectivity index (χ3n) is 2.52. The van der Waals surface area contributed by atoms with Gasteiger partial charge in [0, 0.05) is 18.2 Å². The smallest absolute Gasteiger partial charge is 0.336 e. The maximum Gasteiger partial charge on any atom is 0.336 e. The second-order valence-electron chi connectivity index (χ2n) is 3.79. The van der Waals surface area contributed by atoms with Crippen LogP contribution in [-0.4, -0.2) is 31.2 Å². The Bertz CT molecular complexity index is 412. The zero-order valence-electron chi connectivity index (χ0n) is 10.6. The molecular formula is C12H18N2O4. The van der Waals surface area contributed by atoms with E-state index in [0.717, 1.165) is 0 Å². The van der Waals surface area contributed by atoms with E-state index in [-0.39, 0.29) is 30.9 Å². The largest absolute Gasteiger partial charge is 0.463 e. The minimum absolute atomic E-state index is 0.176. The van der Waals surface area contributed by atoms with Crippen LogP contribution >= 0.6 is 0 Å². The Kier molecular flexibility index (Phi) is 4.91. The number of hydrogen-bond donors (Lipinski definition) is 2. The van der Waals surface area contributed by atoms with Crippen molar-refractivity contribution in [2.24, 2.45) is 11.5 Å². The van der Waals surface area contributed by atoms with E-state index in [1.54, 1.807) is 13.8 Å². The first-order valence-electron chi connectivity index (χ1n) is 5.81. The highest BCUT2D eigenvalue weighted by Crippen LogP contribution is 2.22. The molecule has 1 aliphatic rings. The van der Waals surface area contributed by atoms with Gasteiger partial charge >= 0.3 is 11.9 Å². The zero-order chi connectivity index (χ0) is 13.7. The van der Waals surface area contributed by atoms with Crippen molar-refractivity contribution in [1.82, 2.24) is 0 Å². The molecule has 0 amide bonds. The lowest BCUT2D eigenvalue weighted by molar-refractivity contribution is -0.140. The predicted octanol–water partition coefficient (Wildman–Crippen LogP) is -0.0172. The number of carbonyl (C=O) groups excluding carboxylic acids is 2. The van der Waals surface area contributed by atoms with Gasteiger partial charge in [0.25, 0.3) is 0 Å². The molecule has 1 unspecified atom stereocenters. The summed E-state index contributed by atoms with van der Waals surface area (Å²) in [6, 6.07) is -0.601. The summed E-state index contributed by atoms with van der Waals surface area (Å²) in [5, 5.41) is 0. The van der Waals surface area contributed by atoms with Gasteiger partial charge < -0.3 is 20.9 Å². The third-order valence-corrected chi connectivity index (χ3v) is 2.52. The second-order valence-corrected chi connectivity index (χ2v) is 3.79. The van der Waals surface area contributed by atoms with E-state index in [9.17, 15) is 9.59 Å². The van der Waals surface area contributed by atoms with Crippen molar-refractivity contribution in [3.8, 4) is 0 Å². The van der Waals surface area contributed by atoms with Crippen molar-refractivity contribution >= 4 is 11.9 Å². The fraction of sp³-hybridized carbons (Fsp3) is 0.500. The van der Waals surface area contributed by atoms with Gasteiger partial charge in [-0.2, -0.15) is 0 Å². The Morgan fingerprint density at radius 1 is 1.28 bits per heavy atom. The molecule has 6 heteroatoms. The van der Waals surface area contributed by atoms with E-state index in [4.69, 9.17) is 20.9 Å². The molecule has 0 aromatic rings. The van der Waals surface area contributed by atoms with Gasteiger partial charge in [-0.25, -0.2) is 9.59 Å². The standard InChI is InChI=1S/C12H18N2O4/c1-3-17-11(15)7-5-10(14)8(6-9(7)13)12(16)18-4-2/h5,9H,3-4,6,13-14H2,1-2H3. The average Bonchev–Trinajstić information content (AvgIpc) is 2.32. The van der Waals surface area contributed by atoms with E-state index >= 15 is 0 Å². The molecule has 0 saturated heterocycles. The van der Waals surface area contributed by atoms with Crippen LogP contribution in [0.3, 0.4) is 0 Å². The minimum Gasteiger partial charge on any atom is -0.463 e. The summed E-state index contributed by atoms with van der Waals surface area (Å²) in [6.07, 6.45) is 1.56. The molecule has 1 rings (SSSR count). The SMILES string of the molecule is CCOC(=O)C1=CC(N)=C(C(=O)OCC)CC1N. The van der Waals surface area contributed by atoms with E-state index in [1.807, 2.05) is 0 Å². The number of esters is 2. The fourth-order valence-corrected chi connectivity index (χ4v) is 1.65. The highest BCUT2D eigenvalue weighted by molar-refractivity contribution is 5.95. The van der Waals surface area contributed by atoms with Crippen molar-refractivity contribution in [2.45, 2.75) is 26.3 Å². The molecule has 0 spiro atoms. The van der Waals surface area contributed by atoms with Crippen molar-refractivity contribution in [2.75, 3.05) is 13.2 Å². The molecule has 1 aliphatic carbocycles. The molecule has 18 heavy (non-hydrogen) atoms. The number of nitrogens with two attached hydrogens (primary N) is 2. The predicted molar refractivity (Wildman–Crippen MR) is 65.2 cm³/mol. The van der Waals surface area contributed by atoms with Gasteiger partial charge in [-0.05, 0) is 19.9 Å². The highest BCUT2D eigenvalue weighted by Gasteiger charge is 2.28. The molecule has 0 radical (unpaired) electrons. The number of carbonyl (C=O) groups is 2. The topological polar surface area (TPSA) is 105 Å². The third kappa shape index (κ3) is 3.10. The lowest BCUT2D eigenvalue weighted by Gasteiger charge is -2.21. The van der Waals surface area contributed by atoms with Crippen molar-refractivity contribution in [3.05, 3.63) is 22.9 Å². The summed E-state index contributed by atoms with van der Waals surface area (Å²) >= 11 is 0. The van der Waals surface area contributed by atoms with Crippen LogP contribution in [0.1, 0.15) is 20.3 Å². The number of allylic oxidation sites excluding steroid dienone is 1. The highest BCUT2D eigenvalue weighted by atomic mass is 16.5. The molecule has 6 nitrogen and oxygen atoms in total. The van der Waals surface area contributed by atoms with Crippen LogP contribution in [0.5, 0.6) is 0 Å². The van der Waals surface area contributed by atoms with Gasteiger partial charge in [0.05, 0.1) is 24.4 Å². The normalized spacial score (nSPS) is 19.3. The zero-order valence-corrected chi connectivity index (χ0v) is 10.6. The summed E-state index contributed by atoms with van der Waals surface area (Å²) in [5.74, 6) is -1.000. The lowest BCUT2D eigenvalue weighted by Crippen LogP contribution is -2.34. The number of rotatable bonds is 4. The van der Waals surface area contributed by atoms with Crippen LogP contribution in [0, 0.1) is 0 Å². The molecule has 0 heterocycles. The average molecular weight is 254 g/mol. The van der Waals surface area contributed by atoms with Gasteiger partial charge in [0.15, 0.2) is 0 Å². The van der Waals surface area contributed by atoms with Crippen LogP contribution in [0.25, 0.3) is 0 Å². The molecule has 1 atom stereocenters. The molecular weight excluding hydrogens is 236 g/mol. The maximum atomic E-state index is 11.6. The van der Waals surface area contributed by atoms with Crippen molar-refractivity contribution in [1.29, 1.82) is 0 Å². The lowest BCUT2D eigenvalue weighted by atomic mass is 9.92. The molecule has 0 aliphatic heterocycles. The number of hydrogen-bond acceptors (Lipinski definition) is 6. The van der Waals surface area contributed by atoms with Gasteiger partial charge in [0.2, 0.25) is 0 Å². The molecule has 100 valence electrons.